The molecule has 2 rings (SSSR count). The zero-order valence-corrected chi connectivity index (χ0v) is 15.1. The average molecular weight is 409 g/mol. The number of rotatable bonds is 5. The molecule has 0 heterocycles. The summed E-state index contributed by atoms with van der Waals surface area (Å²) >= 11 is 11.8. The van der Waals surface area contributed by atoms with E-state index in [0.717, 1.165) is 25.2 Å². The Labute approximate surface area is 153 Å². The van der Waals surface area contributed by atoms with Gasteiger partial charge < -0.3 is 5.32 Å². The summed E-state index contributed by atoms with van der Waals surface area (Å²) in [6.07, 6.45) is 0. The molecule has 0 aliphatic heterocycles. The monoisotopic (exact) mass is 408 g/mol. The van der Waals surface area contributed by atoms with Crippen LogP contribution in [0.3, 0.4) is 0 Å². The molecule has 0 aromatic heterocycles. The van der Waals surface area contributed by atoms with Crippen LogP contribution in [0.1, 0.15) is 0 Å². The molecule has 25 heavy (non-hydrogen) atoms. The summed E-state index contributed by atoms with van der Waals surface area (Å²) in [5, 5.41) is 2.68. The zero-order valence-electron chi connectivity index (χ0n) is 12.8. The van der Waals surface area contributed by atoms with Gasteiger partial charge in [0.05, 0.1) is 22.3 Å². The first kappa shape index (κ1) is 19.6. The fourth-order valence-electron chi connectivity index (χ4n) is 1.97. The fraction of sp³-hybridized carbons (Fsp3) is 0.133. The van der Waals surface area contributed by atoms with Gasteiger partial charge in [0.2, 0.25) is 15.9 Å². The average Bonchev–Trinajstić information content (AvgIpc) is 2.50. The van der Waals surface area contributed by atoms with E-state index in [1.165, 1.54) is 12.1 Å². The van der Waals surface area contributed by atoms with Crippen LogP contribution >= 0.6 is 23.2 Å². The summed E-state index contributed by atoms with van der Waals surface area (Å²) in [7, 11) is -3.53. The minimum absolute atomic E-state index is 0.110. The maximum absolute atomic E-state index is 13.7. The summed E-state index contributed by atoms with van der Waals surface area (Å²) < 4.78 is 52.6. The molecule has 0 fully saturated rings. The Hall–Kier alpha value is -1.74. The lowest BCUT2D eigenvalue weighted by atomic mass is 10.3. The van der Waals surface area contributed by atoms with Crippen molar-refractivity contribution < 1.29 is 22.0 Å². The topological polar surface area (TPSA) is 66.5 Å². The van der Waals surface area contributed by atoms with Gasteiger partial charge in [-0.3, -0.25) is 4.79 Å². The standard InChI is InChI=1S/C15H12Cl2F2N2O3S/c1-21(25(23,24)15-11(18)6-3-7-12(15)19)8-13(22)20-14-9(16)4-2-5-10(14)17/h2-7H,8H2,1H3,(H,20,22). The molecule has 0 saturated carbocycles. The lowest BCUT2D eigenvalue weighted by Crippen LogP contribution is -2.35. The Morgan fingerprint density at radius 2 is 1.56 bits per heavy atom. The smallest absolute Gasteiger partial charge is 0.249 e. The van der Waals surface area contributed by atoms with Crippen LogP contribution in [0, 0.1) is 11.6 Å². The quantitative estimate of drug-likeness (QED) is 0.822. The van der Waals surface area contributed by atoms with Gasteiger partial charge >= 0.3 is 0 Å². The number of likely N-dealkylation sites (N-methyl/N-ethyl adjacent to an activating group) is 1. The predicted octanol–water partition coefficient (Wildman–Crippen LogP) is 3.53. The number of benzene rings is 2. The molecule has 0 aliphatic carbocycles. The number of nitrogens with one attached hydrogen (secondary N) is 1. The van der Waals surface area contributed by atoms with E-state index < -0.39 is 39.0 Å². The van der Waals surface area contributed by atoms with Gasteiger partial charge in [0.15, 0.2) is 4.90 Å². The third kappa shape index (κ3) is 4.27. The summed E-state index contributed by atoms with van der Waals surface area (Å²) in [5.74, 6) is -3.28. The van der Waals surface area contributed by atoms with Crippen molar-refractivity contribution >= 4 is 44.8 Å². The minimum atomic E-state index is -4.55. The van der Waals surface area contributed by atoms with Gasteiger partial charge in [0, 0.05) is 7.05 Å². The first-order valence-electron chi connectivity index (χ1n) is 6.79. The van der Waals surface area contributed by atoms with Crippen LogP contribution in [0.15, 0.2) is 41.3 Å². The molecule has 0 atom stereocenters. The molecule has 1 amide bonds. The van der Waals surface area contributed by atoms with Crippen molar-refractivity contribution in [1.82, 2.24) is 4.31 Å². The molecule has 0 bridgehead atoms. The van der Waals surface area contributed by atoms with Crippen LogP contribution in [0.5, 0.6) is 0 Å². The van der Waals surface area contributed by atoms with E-state index in [1.807, 2.05) is 0 Å². The summed E-state index contributed by atoms with van der Waals surface area (Å²) in [6.45, 7) is -0.697. The highest BCUT2D eigenvalue weighted by molar-refractivity contribution is 7.89. The second-order valence-electron chi connectivity index (χ2n) is 4.96. The van der Waals surface area contributed by atoms with Crippen LogP contribution < -0.4 is 5.32 Å². The van der Waals surface area contributed by atoms with Crippen LogP contribution in [-0.2, 0) is 14.8 Å². The highest BCUT2D eigenvalue weighted by Gasteiger charge is 2.29. The van der Waals surface area contributed by atoms with Gasteiger partial charge in [-0.15, -0.1) is 0 Å². The van der Waals surface area contributed by atoms with Gasteiger partial charge in [0.1, 0.15) is 11.6 Å². The van der Waals surface area contributed by atoms with Crippen LogP contribution in [0.25, 0.3) is 0 Å². The summed E-state index contributed by atoms with van der Waals surface area (Å²) in [6, 6.07) is 7.20. The molecule has 134 valence electrons. The third-order valence-corrected chi connectivity index (χ3v) is 5.67. The molecule has 0 radical (unpaired) electrons. The van der Waals surface area contributed by atoms with Crippen molar-refractivity contribution in [2.75, 3.05) is 18.9 Å². The number of hydrogen-bond acceptors (Lipinski definition) is 3. The molecule has 0 unspecified atom stereocenters. The Morgan fingerprint density at radius 3 is 2.08 bits per heavy atom. The van der Waals surface area contributed by atoms with Crippen molar-refractivity contribution in [2.24, 2.45) is 0 Å². The second kappa shape index (κ2) is 7.65. The lowest BCUT2D eigenvalue weighted by molar-refractivity contribution is -0.116. The molecule has 5 nitrogen and oxygen atoms in total. The van der Waals surface area contributed by atoms with Gasteiger partial charge in [-0.1, -0.05) is 35.3 Å². The third-order valence-electron chi connectivity index (χ3n) is 3.18. The molecule has 2 aromatic carbocycles. The molecule has 10 heteroatoms. The van der Waals surface area contributed by atoms with E-state index in [9.17, 15) is 22.0 Å². The fourth-order valence-corrected chi connectivity index (χ4v) is 3.69. The number of hydrogen-bond donors (Lipinski definition) is 1. The number of sulfonamides is 1. The molecule has 0 saturated heterocycles. The highest BCUT2D eigenvalue weighted by Crippen LogP contribution is 2.30. The zero-order chi connectivity index (χ0) is 18.8. The second-order valence-corrected chi connectivity index (χ2v) is 7.75. The number of para-hydroxylation sites is 1. The summed E-state index contributed by atoms with van der Waals surface area (Å²) in [4.78, 5) is 10.9. The van der Waals surface area contributed by atoms with E-state index in [-0.39, 0.29) is 15.7 Å². The number of carbonyl (C=O) groups excluding carboxylic acids is 1. The van der Waals surface area contributed by atoms with E-state index in [0.29, 0.717) is 4.31 Å². The SMILES string of the molecule is CN(CC(=O)Nc1c(Cl)cccc1Cl)S(=O)(=O)c1c(F)cccc1F. The lowest BCUT2D eigenvalue weighted by Gasteiger charge is -2.18. The van der Waals surface area contributed by atoms with E-state index in [2.05, 4.69) is 5.32 Å². The Kier molecular flexibility index (Phi) is 5.99. The minimum Gasteiger partial charge on any atom is -0.322 e. The maximum atomic E-state index is 13.7. The normalized spacial score (nSPS) is 11.6. The van der Waals surface area contributed by atoms with Gasteiger partial charge in [-0.25, -0.2) is 17.2 Å². The van der Waals surface area contributed by atoms with Gasteiger partial charge in [-0.05, 0) is 24.3 Å². The van der Waals surface area contributed by atoms with Crippen LogP contribution in [-0.4, -0.2) is 32.2 Å². The maximum Gasteiger partial charge on any atom is 0.249 e. The Balaban J connectivity index is 2.21. The number of carbonyl (C=O) groups is 1. The molecule has 2 aromatic rings. The van der Waals surface area contributed by atoms with Gasteiger partial charge in [0.25, 0.3) is 0 Å². The van der Waals surface area contributed by atoms with Crippen molar-refractivity contribution in [3.05, 3.63) is 58.1 Å². The van der Waals surface area contributed by atoms with Gasteiger partial charge in [-0.2, -0.15) is 4.31 Å². The van der Waals surface area contributed by atoms with E-state index >= 15 is 0 Å². The number of anilines is 1. The Bertz CT molecular complexity index is 882. The molecule has 1 N–H and O–H groups in total. The van der Waals surface area contributed by atoms with Crippen molar-refractivity contribution in [3.63, 3.8) is 0 Å². The van der Waals surface area contributed by atoms with E-state index in [1.54, 1.807) is 6.07 Å². The first-order valence-corrected chi connectivity index (χ1v) is 8.98. The highest BCUT2D eigenvalue weighted by atomic mass is 35.5. The largest absolute Gasteiger partial charge is 0.322 e. The first-order chi connectivity index (χ1) is 11.6. The van der Waals surface area contributed by atoms with Crippen molar-refractivity contribution in [1.29, 1.82) is 0 Å². The molecular formula is C15H12Cl2F2N2O3S. The molecule has 0 aliphatic rings. The van der Waals surface area contributed by atoms with Crippen LogP contribution in [0.2, 0.25) is 10.0 Å². The van der Waals surface area contributed by atoms with Crippen LogP contribution in [0.4, 0.5) is 14.5 Å². The Morgan fingerprint density at radius 1 is 1.08 bits per heavy atom. The number of nitrogens with zero attached hydrogens (tertiary/aromatic N) is 1. The van der Waals surface area contributed by atoms with Crippen molar-refractivity contribution in [2.45, 2.75) is 4.90 Å². The van der Waals surface area contributed by atoms with E-state index in [4.69, 9.17) is 23.2 Å². The van der Waals surface area contributed by atoms with Crippen molar-refractivity contribution in [3.8, 4) is 0 Å². The molecular weight excluding hydrogens is 397 g/mol. The number of amides is 1. The summed E-state index contributed by atoms with van der Waals surface area (Å²) in [5.41, 5.74) is 0.110. The number of halogens is 4. The molecule has 0 spiro atoms. The predicted molar refractivity (Wildman–Crippen MR) is 91.3 cm³/mol.